The molecule has 2 saturated carbocycles. The van der Waals surface area contributed by atoms with Crippen molar-refractivity contribution in [3.05, 3.63) is 0 Å². The highest BCUT2D eigenvalue weighted by atomic mass is 16.6. The normalized spacial score (nSPS) is 34.5. The van der Waals surface area contributed by atoms with Crippen LogP contribution in [0.4, 0.5) is 4.79 Å². The molecule has 0 unspecified atom stereocenters. The Hall–Kier alpha value is -1.30. The van der Waals surface area contributed by atoms with Gasteiger partial charge in [0.25, 0.3) is 0 Å². The molecule has 4 fully saturated rings. The van der Waals surface area contributed by atoms with Crippen LogP contribution in [0.25, 0.3) is 0 Å². The average Bonchev–Trinajstić information content (AvgIpc) is 2.92. The quantitative estimate of drug-likeness (QED) is 0.731. The van der Waals surface area contributed by atoms with Crippen molar-refractivity contribution < 1.29 is 19.1 Å². The van der Waals surface area contributed by atoms with Crippen LogP contribution in [0.15, 0.2) is 0 Å². The van der Waals surface area contributed by atoms with Crippen molar-refractivity contribution in [1.82, 2.24) is 9.80 Å². The SMILES string of the molecule is CCOC(=O)[C@@H]1[C@@H]2CN(C3CC4(C3)CN(C(=O)OCC)C4)C[C@@H]21. The van der Waals surface area contributed by atoms with Gasteiger partial charge in [0.15, 0.2) is 0 Å². The number of ether oxygens (including phenoxy) is 2. The molecule has 1 spiro atoms. The molecule has 0 aromatic heterocycles. The summed E-state index contributed by atoms with van der Waals surface area (Å²) in [5, 5.41) is 0. The number of hydrogen-bond donors (Lipinski definition) is 0. The third kappa shape index (κ3) is 2.42. The van der Waals surface area contributed by atoms with Crippen molar-refractivity contribution in [3.63, 3.8) is 0 Å². The molecule has 6 nitrogen and oxygen atoms in total. The van der Waals surface area contributed by atoms with E-state index in [1.807, 2.05) is 18.7 Å². The number of amides is 1. The van der Waals surface area contributed by atoms with Gasteiger partial charge in [0.1, 0.15) is 0 Å². The number of fused-ring (bicyclic) bond motifs is 1. The maximum atomic E-state index is 11.8. The topological polar surface area (TPSA) is 59.1 Å². The van der Waals surface area contributed by atoms with E-state index in [4.69, 9.17) is 9.47 Å². The largest absolute Gasteiger partial charge is 0.466 e. The van der Waals surface area contributed by atoms with Gasteiger partial charge in [-0.05, 0) is 38.5 Å². The van der Waals surface area contributed by atoms with Crippen molar-refractivity contribution in [3.8, 4) is 0 Å². The van der Waals surface area contributed by atoms with Crippen LogP contribution in [0.5, 0.6) is 0 Å². The Kier molecular flexibility index (Phi) is 3.55. The van der Waals surface area contributed by atoms with Crippen LogP contribution in [0.1, 0.15) is 26.7 Å². The molecule has 128 valence electrons. The Morgan fingerprint density at radius 3 is 2.22 bits per heavy atom. The Labute approximate surface area is 137 Å². The molecule has 6 heteroatoms. The van der Waals surface area contributed by atoms with Crippen LogP contribution in [0.2, 0.25) is 0 Å². The summed E-state index contributed by atoms with van der Waals surface area (Å²) in [5.41, 5.74) is 0.352. The minimum Gasteiger partial charge on any atom is -0.466 e. The van der Waals surface area contributed by atoms with Gasteiger partial charge >= 0.3 is 12.1 Å². The van der Waals surface area contributed by atoms with E-state index >= 15 is 0 Å². The molecular weight excluding hydrogens is 296 g/mol. The monoisotopic (exact) mass is 322 g/mol. The zero-order chi connectivity index (χ0) is 16.2. The molecule has 2 saturated heterocycles. The third-order valence-electron chi connectivity index (χ3n) is 6.21. The van der Waals surface area contributed by atoms with Crippen LogP contribution in [0.3, 0.4) is 0 Å². The van der Waals surface area contributed by atoms with Gasteiger partial charge < -0.3 is 14.4 Å². The molecular formula is C17H26N2O4. The molecule has 4 rings (SSSR count). The van der Waals surface area contributed by atoms with Crippen LogP contribution >= 0.6 is 0 Å². The molecule has 0 aromatic rings. The highest BCUT2D eigenvalue weighted by Crippen LogP contribution is 2.57. The first-order valence-electron chi connectivity index (χ1n) is 8.89. The molecule has 4 aliphatic rings. The molecule has 0 N–H and O–H groups in total. The van der Waals surface area contributed by atoms with Crippen molar-refractivity contribution in [2.75, 3.05) is 39.4 Å². The lowest BCUT2D eigenvalue weighted by atomic mass is 9.60. The van der Waals surface area contributed by atoms with Gasteiger partial charge in [0.2, 0.25) is 0 Å². The Bertz CT molecular complexity index is 497. The third-order valence-corrected chi connectivity index (χ3v) is 6.21. The lowest BCUT2D eigenvalue weighted by Crippen LogP contribution is -2.67. The van der Waals surface area contributed by atoms with Crippen LogP contribution in [-0.2, 0) is 14.3 Å². The lowest BCUT2D eigenvalue weighted by molar-refractivity contribution is -0.146. The standard InChI is InChI=1S/C17H26N2O4/c1-3-22-15(20)14-12-7-18(8-13(12)14)11-5-17(6-11)9-19(10-17)16(21)23-4-2/h11-14H,3-10H2,1-2H3/t12-,13+,14-. The number of hydrogen-bond acceptors (Lipinski definition) is 5. The number of nitrogens with zero attached hydrogens (tertiary/aromatic N) is 2. The smallest absolute Gasteiger partial charge is 0.409 e. The zero-order valence-corrected chi connectivity index (χ0v) is 14.0. The number of esters is 1. The van der Waals surface area contributed by atoms with Crippen molar-refractivity contribution in [2.45, 2.75) is 32.7 Å². The molecule has 0 aromatic carbocycles. The number of carbonyl (C=O) groups excluding carboxylic acids is 2. The van der Waals surface area contributed by atoms with E-state index in [1.165, 1.54) is 12.8 Å². The molecule has 0 bridgehead atoms. The summed E-state index contributed by atoms with van der Waals surface area (Å²) in [6, 6.07) is 0.648. The Morgan fingerprint density at radius 2 is 1.65 bits per heavy atom. The second-order valence-corrected chi connectivity index (χ2v) is 7.68. The number of carbonyl (C=O) groups is 2. The number of rotatable bonds is 4. The number of likely N-dealkylation sites (tertiary alicyclic amines) is 2. The van der Waals surface area contributed by atoms with E-state index in [0.29, 0.717) is 36.5 Å². The maximum Gasteiger partial charge on any atom is 0.409 e. The average molecular weight is 322 g/mol. The van der Waals surface area contributed by atoms with Crippen molar-refractivity contribution in [1.29, 1.82) is 0 Å². The van der Waals surface area contributed by atoms with E-state index in [1.54, 1.807) is 0 Å². The first kappa shape index (κ1) is 15.2. The minimum absolute atomic E-state index is 0.0105. The predicted molar refractivity (Wildman–Crippen MR) is 82.7 cm³/mol. The lowest BCUT2D eigenvalue weighted by Gasteiger charge is -2.60. The summed E-state index contributed by atoms with van der Waals surface area (Å²) in [7, 11) is 0. The molecule has 2 aliphatic heterocycles. The van der Waals surface area contributed by atoms with E-state index in [0.717, 1.165) is 26.2 Å². The molecule has 1 amide bonds. The molecule has 0 radical (unpaired) electrons. The summed E-state index contributed by atoms with van der Waals surface area (Å²) in [6.45, 7) is 8.46. The van der Waals surface area contributed by atoms with Gasteiger partial charge in [0.05, 0.1) is 19.1 Å². The fourth-order valence-electron chi connectivity index (χ4n) is 5.01. The summed E-state index contributed by atoms with van der Waals surface area (Å²) in [4.78, 5) is 27.8. The van der Waals surface area contributed by atoms with Crippen molar-refractivity contribution in [2.24, 2.45) is 23.2 Å². The Morgan fingerprint density at radius 1 is 1.04 bits per heavy atom. The predicted octanol–water partition coefficient (Wildman–Crippen LogP) is 1.35. The summed E-state index contributed by atoms with van der Waals surface area (Å²) < 4.78 is 10.2. The van der Waals surface area contributed by atoms with Gasteiger partial charge in [-0.25, -0.2) is 4.79 Å². The second-order valence-electron chi connectivity index (χ2n) is 7.68. The second kappa shape index (κ2) is 5.36. The van der Waals surface area contributed by atoms with Crippen LogP contribution in [0, 0.1) is 23.2 Å². The summed E-state index contributed by atoms with van der Waals surface area (Å²) in [6.07, 6.45) is 2.21. The fraction of sp³-hybridized carbons (Fsp3) is 0.882. The van der Waals surface area contributed by atoms with Crippen LogP contribution < -0.4 is 0 Å². The van der Waals surface area contributed by atoms with Crippen LogP contribution in [-0.4, -0.2) is 67.3 Å². The summed E-state index contributed by atoms with van der Waals surface area (Å²) in [5.74, 6) is 1.24. The van der Waals surface area contributed by atoms with E-state index < -0.39 is 0 Å². The van der Waals surface area contributed by atoms with E-state index in [9.17, 15) is 9.59 Å². The van der Waals surface area contributed by atoms with Gasteiger partial charge in [0, 0.05) is 37.6 Å². The maximum absolute atomic E-state index is 11.8. The molecule has 2 heterocycles. The zero-order valence-electron chi connectivity index (χ0n) is 14.0. The van der Waals surface area contributed by atoms with Gasteiger partial charge in [-0.15, -0.1) is 0 Å². The molecule has 2 aliphatic carbocycles. The van der Waals surface area contributed by atoms with E-state index in [2.05, 4.69) is 4.90 Å². The highest BCUT2D eigenvalue weighted by Gasteiger charge is 2.63. The highest BCUT2D eigenvalue weighted by molar-refractivity contribution is 5.77. The minimum atomic E-state index is -0.165. The van der Waals surface area contributed by atoms with Crippen molar-refractivity contribution >= 4 is 12.1 Å². The Balaban J connectivity index is 1.19. The summed E-state index contributed by atoms with van der Waals surface area (Å²) >= 11 is 0. The number of piperidine rings is 1. The first-order valence-corrected chi connectivity index (χ1v) is 8.89. The van der Waals surface area contributed by atoms with Gasteiger partial charge in [-0.1, -0.05) is 0 Å². The van der Waals surface area contributed by atoms with Gasteiger partial charge in [-0.2, -0.15) is 0 Å². The van der Waals surface area contributed by atoms with E-state index in [-0.39, 0.29) is 18.0 Å². The molecule has 3 atom stereocenters. The first-order chi connectivity index (χ1) is 11.1. The fourth-order valence-corrected chi connectivity index (χ4v) is 5.01. The molecule has 23 heavy (non-hydrogen) atoms. The van der Waals surface area contributed by atoms with Gasteiger partial charge in [-0.3, -0.25) is 9.69 Å².